The minimum atomic E-state index is -4.98. The number of benzene rings is 1. The van der Waals surface area contributed by atoms with E-state index in [0.717, 1.165) is 19.8 Å². The summed E-state index contributed by atoms with van der Waals surface area (Å²) < 4.78 is 40.7. The van der Waals surface area contributed by atoms with Gasteiger partial charge in [-0.25, -0.2) is 0 Å². The van der Waals surface area contributed by atoms with Gasteiger partial charge in [0.2, 0.25) is 0 Å². The summed E-state index contributed by atoms with van der Waals surface area (Å²) >= 11 is 0. The summed E-state index contributed by atoms with van der Waals surface area (Å²) in [5.41, 5.74) is 2.50. The second-order valence-electron chi connectivity index (χ2n) is 6.02. The van der Waals surface area contributed by atoms with Crippen molar-refractivity contribution in [3.63, 3.8) is 0 Å². The maximum absolute atomic E-state index is 11.4. The fourth-order valence-electron chi connectivity index (χ4n) is 2.34. The zero-order valence-electron chi connectivity index (χ0n) is 13.9. The van der Waals surface area contributed by atoms with Crippen LogP contribution in [0.2, 0.25) is 0 Å². The molecule has 0 saturated heterocycles. The van der Waals surface area contributed by atoms with Gasteiger partial charge in [0.15, 0.2) is 4.49 Å². The molecule has 6 nitrogen and oxygen atoms in total. The average Bonchev–Trinajstić information content (AvgIpc) is 2.45. The lowest BCUT2D eigenvalue weighted by atomic mass is 10.0. The van der Waals surface area contributed by atoms with Gasteiger partial charge >= 0.3 is 7.60 Å². The van der Waals surface area contributed by atoms with Crippen LogP contribution in [0.3, 0.4) is 0 Å². The van der Waals surface area contributed by atoms with Gasteiger partial charge in [-0.1, -0.05) is 36.4 Å². The molecule has 0 aliphatic carbocycles. The zero-order chi connectivity index (χ0) is 18.4. The van der Waals surface area contributed by atoms with Crippen molar-refractivity contribution in [2.75, 3.05) is 0 Å². The summed E-state index contributed by atoms with van der Waals surface area (Å²) in [7, 11) is -9.83. The van der Waals surface area contributed by atoms with E-state index >= 15 is 0 Å². The lowest BCUT2D eigenvalue weighted by molar-refractivity contribution is 0.337. The Morgan fingerprint density at radius 1 is 1.17 bits per heavy atom. The molecule has 8 heteroatoms. The molecule has 1 rings (SSSR count). The molecule has 1 aromatic rings. The van der Waals surface area contributed by atoms with Crippen molar-refractivity contribution in [1.29, 1.82) is 0 Å². The summed E-state index contributed by atoms with van der Waals surface area (Å²) in [6, 6.07) is 8.10. The Balaban J connectivity index is 2.47. The normalized spacial score (nSPS) is 15.5. The highest BCUT2D eigenvalue weighted by Crippen LogP contribution is 2.55. The second-order valence-corrected chi connectivity index (χ2v) is 10.3. The second kappa shape index (κ2) is 8.41. The minimum Gasteiger partial charge on any atom is -0.323 e. The lowest BCUT2D eigenvalue weighted by Crippen LogP contribution is -2.34. The largest absolute Gasteiger partial charge is 0.348 e. The van der Waals surface area contributed by atoms with E-state index in [1.54, 1.807) is 0 Å². The number of allylic oxidation sites excluding steroid dienone is 2. The van der Waals surface area contributed by atoms with Crippen LogP contribution in [0, 0.1) is 6.92 Å². The third-order valence-electron chi connectivity index (χ3n) is 4.19. The first-order chi connectivity index (χ1) is 11.0. The zero-order valence-corrected chi connectivity index (χ0v) is 15.6. The standard InChI is InChI=1S/C16H25O6PS/c1-14-10-7-8-12-15(14)11-6-4-3-5-9-13-16(2,23(17,18)19)24(20,21)22/h3-4,7-8,10,12H,5-6,9,11,13H2,1-2H3,(H2,17,18,19)(H,20,21,22). The van der Waals surface area contributed by atoms with E-state index in [4.69, 9.17) is 4.55 Å². The third kappa shape index (κ3) is 5.53. The lowest BCUT2D eigenvalue weighted by Gasteiger charge is -2.26. The van der Waals surface area contributed by atoms with Gasteiger partial charge in [0.05, 0.1) is 0 Å². The minimum absolute atomic E-state index is 0.252. The Morgan fingerprint density at radius 3 is 2.29 bits per heavy atom. The molecule has 0 bridgehead atoms. The highest BCUT2D eigenvalue weighted by molar-refractivity contribution is 7.95. The summed E-state index contributed by atoms with van der Waals surface area (Å²) in [6.45, 7) is 2.93. The van der Waals surface area contributed by atoms with Crippen LogP contribution in [0.15, 0.2) is 36.4 Å². The number of unbranched alkanes of at least 4 members (excludes halogenated alkanes) is 1. The average molecular weight is 376 g/mol. The van der Waals surface area contributed by atoms with Gasteiger partial charge in [-0.2, -0.15) is 8.42 Å². The molecule has 0 spiro atoms. The molecule has 3 N–H and O–H groups in total. The Kier molecular flexibility index (Phi) is 7.38. The number of hydrogen-bond donors (Lipinski definition) is 3. The predicted octanol–water partition coefficient (Wildman–Crippen LogP) is 3.44. The summed E-state index contributed by atoms with van der Waals surface area (Å²) in [5.74, 6) is 0. The van der Waals surface area contributed by atoms with E-state index in [0.29, 0.717) is 6.42 Å². The molecule has 0 saturated carbocycles. The fourth-order valence-corrected chi connectivity index (χ4v) is 4.39. The molecule has 0 amide bonds. The molecule has 24 heavy (non-hydrogen) atoms. The van der Waals surface area contributed by atoms with Crippen molar-refractivity contribution >= 4 is 17.7 Å². The van der Waals surface area contributed by atoms with Crippen LogP contribution in [0.4, 0.5) is 0 Å². The molecule has 0 aromatic heterocycles. The fraction of sp³-hybridized carbons (Fsp3) is 0.500. The molecule has 1 unspecified atom stereocenters. The SMILES string of the molecule is Cc1ccccc1CCC=CCCCC(C)(P(=O)(O)O)S(=O)(=O)O. The smallest absolute Gasteiger partial charge is 0.323 e. The van der Waals surface area contributed by atoms with Crippen LogP contribution in [-0.2, 0) is 21.1 Å². The van der Waals surface area contributed by atoms with Gasteiger partial charge in [0.25, 0.3) is 10.1 Å². The highest BCUT2D eigenvalue weighted by atomic mass is 32.2. The maximum Gasteiger partial charge on any atom is 0.348 e. The van der Waals surface area contributed by atoms with Gasteiger partial charge in [-0.05, 0) is 57.1 Å². The van der Waals surface area contributed by atoms with E-state index in [2.05, 4.69) is 19.1 Å². The number of aryl methyl sites for hydroxylation is 2. The summed E-state index contributed by atoms with van der Waals surface area (Å²) in [5, 5.41) is 0. The van der Waals surface area contributed by atoms with E-state index in [1.165, 1.54) is 11.1 Å². The molecule has 0 heterocycles. The molecule has 0 fully saturated rings. The van der Waals surface area contributed by atoms with Crippen molar-refractivity contribution in [2.24, 2.45) is 0 Å². The van der Waals surface area contributed by atoms with Crippen LogP contribution in [-0.4, -0.2) is 27.2 Å². The van der Waals surface area contributed by atoms with Gasteiger partial charge in [0, 0.05) is 0 Å². The van der Waals surface area contributed by atoms with E-state index in [-0.39, 0.29) is 12.8 Å². The molecule has 136 valence electrons. The van der Waals surface area contributed by atoms with E-state index in [1.807, 2.05) is 24.3 Å². The molecule has 0 radical (unpaired) electrons. The topological polar surface area (TPSA) is 112 Å². The molecular weight excluding hydrogens is 351 g/mol. The van der Waals surface area contributed by atoms with Gasteiger partial charge in [-0.3, -0.25) is 9.12 Å². The first-order valence-corrected chi connectivity index (χ1v) is 10.8. The first kappa shape index (κ1) is 21.1. The van der Waals surface area contributed by atoms with Crippen molar-refractivity contribution in [2.45, 2.75) is 50.4 Å². The van der Waals surface area contributed by atoms with Crippen molar-refractivity contribution < 1.29 is 27.3 Å². The first-order valence-electron chi connectivity index (χ1n) is 7.71. The molecule has 1 aromatic carbocycles. The Labute approximate surface area is 143 Å². The van der Waals surface area contributed by atoms with Crippen LogP contribution in [0.5, 0.6) is 0 Å². The molecular formula is C16H25O6PS. The number of hydrogen-bond acceptors (Lipinski definition) is 3. The monoisotopic (exact) mass is 376 g/mol. The van der Waals surface area contributed by atoms with E-state index < -0.39 is 22.2 Å². The van der Waals surface area contributed by atoms with Crippen molar-refractivity contribution in [1.82, 2.24) is 0 Å². The van der Waals surface area contributed by atoms with Gasteiger partial charge in [-0.15, -0.1) is 0 Å². The Morgan fingerprint density at radius 2 is 1.75 bits per heavy atom. The summed E-state index contributed by atoms with van der Waals surface area (Å²) in [6.07, 6.45) is 5.99. The summed E-state index contributed by atoms with van der Waals surface area (Å²) in [4.78, 5) is 18.4. The highest BCUT2D eigenvalue weighted by Gasteiger charge is 2.52. The van der Waals surface area contributed by atoms with Crippen LogP contribution in [0.25, 0.3) is 0 Å². The Hall–Kier alpha value is -0.980. The quantitative estimate of drug-likeness (QED) is 0.263. The maximum atomic E-state index is 11.4. The van der Waals surface area contributed by atoms with Crippen LogP contribution >= 0.6 is 7.60 Å². The van der Waals surface area contributed by atoms with Crippen molar-refractivity contribution in [3.8, 4) is 0 Å². The molecule has 0 aliphatic rings. The number of rotatable bonds is 9. The molecule has 0 aliphatic heterocycles. The van der Waals surface area contributed by atoms with Gasteiger partial charge < -0.3 is 9.79 Å². The molecule has 1 atom stereocenters. The van der Waals surface area contributed by atoms with E-state index in [9.17, 15) is 22.8 Å². The van der Waals surface area contributed by atoms with Crippen LogP contribution < -0.4 is 0 Å². The van der Waals surface area contributed by atoms with Crippen LogP contribution in [0.1, 0.15) is 43.7 Å². The predicted molar refractivity (Wildman–Crippen MR) is 94.5 cm³/mol. The Bertz CT molecular complexity index is 722. The third-order valence-corrected chi connectivity index (χ3v) is 8.37. The van der Waals surface area contributed by atoms with Gasteiger partial charge in [0.1, 0.15) is 0 Å². The van der Waals surface area contributed by atoms with Crippen molar-refractivity contribution in [3.05, 3.63) is 47.5 Å².